The molecule has 0 aliphatic carbocycles. The fourth-order valence-electron chi connectivity index (χ4n) is 2.38. The van der Waals surface area contributed by atoms with E-state index < -0.39 is 0 Å². The van der Waals surface area contributed by atoms with Crippen molar-refractivity contribution in [3.05, 3.63) is 53.1 Å². The normalized spacial score (nSPS) is 16.3. The van der Waals surface area contributed by atoms with Crippen LogP contribution in [0.15, 0.2) is 47.0 Å². The van der Waals surface area contributed by atoms with E-state index in [4.69, 9.17) is 4.99 Å². The molecule has 0 spiro atoms. The van der Waals surface area contributed by atoms with Crippen LogP contribution in [0.5, 0.6) is 0 Å². The number of benzene rings is 1. The first kappa shape index (κ1) is 15.8. The smallest absolute Gasteiger partial charge is 0.0665 e. The summed E-state index contributed by atoms with van der Waals surface area (Å²) in [6.45, 7) is 13.4. The zero-order valence-corrected chi connectivity index (χ0v) is 14.2. The fourth-order valence-corrected chi connectivity index (χ4v) is 2.38. The highest BCUT2D eigenvalue weighted by Gasteiger charge is 2.17. The van der Waals surface area contributed by atoms with Crippen molar-refractivity contribution in [2.24, 2.45) is 10.4 Å². The quantitative estimate of drug-likeness (QED) is 0.619. The molecule has 1 aliphatic rings. The summed E-state index contributed by atoms with van der Waals surface area (Å²) in [5.41, 5.74) is 5.29. The van der Waals surface area contributed by atoms with Crippen LogP contribution in [-0.4, -0.2) is 6.21 Å². The van der Waals surface area contributed by atoms with Gasteiger partial charge in [-0.3, -0.25) is 4.99 Å². The molecule has 0 unspecified atom stereocenters. The van der Waals surface area contributed by atoms with E-state index in [1.54, 1.807) is 0 Å². The lowest BCUT2D eigenvalue weighted by atomic mass is 9.86. The van der Waals surface area contributed by atoms with Gasteiger partial charge in [-0.05, 0) is 34.0 Å². The highest BCUT2D eigenvalue weighted by atomic mass is 14.7. The van der Waals surface area contributed by atoms with Crippen molar-refractivity contribution in [1.29, 1.82) is 0 Å². The molecule has 2 rings (SSSR count). The largest absolute Gasteiger partial charge is 0.256 e. The van der Waals surface area contributed by atoms with Gasteiger partial charge in [0.15, 0.2) is 0 Å². The first-order valence-electron chi connectivity index (χ1n) is 7.74. The van der Waals surface area contributed by atoms with E-state index in [1.165, 1.54) is 16.7 Å². The number of rotatable bonds is 1. The molecule has 0 radical (unpaired) electrons. The Labute approximate surface area is 129 Å². The van der Waals surface area contributed by atoms with Gasteiger partial charge in [-0.1, -0.05) is 78.0 Å². The number of hydrogen-bond acceptors (Lipinski definition) is 1. The van der Waals surface area contributed by atoms with Crippen LogP contribution in [0.1, 0.15) is 59.1 Å². The zero-order chi connectivity index (χ0) is 15.7. The average Bonchev–Trinajstić information content (AvgIpc) is 2.63. The van der Waals surface area contributed by atoms with Gasteiger partial charge in [-0.2, -0.15) is 0 Å². The van der Waals surface area contributed by atoms with Crippen LogP contribution < -0.4 is 0 Å². The van der Waals surface area contributed by atoms with E-state index in [-0.39, 0.29) is 10.8 Å². The Bertz CT molecular complexity index is 584. The molecule has 0 atom stereocenters. The highest BCUT2D eigenvalue weighted by molar-refractivity contribution is 5.87. The van der Waals surface area contributed by atoms with Crippen LogP contribution in [-0.2, 0) is 5.41 Å². The van der Waals surface area contributed by atoms with Gasteiger partial charge in [0, 0.05) is 6.21 Å². The van der Waals surface area contributed by atoms with Crippen molar-refractivity contribution in [2.45, 2.75) is 53.4 Å². The molecular weight excluding hydrogens is 254 g/mol. The molecule has 0 bridgehead atoms. The second-order valence-corrected chi connectivity index (χ2v) is 7.82. The first-order chi connectivity index (χ1) is 9.68. The molecule has 112 valence electrons. The van der Waals surface area contributed by atoms with Gasteiger partial charge in [0.05, 0.1) is 5.70 Å². The molecule has 1 heteroatoms. The van der Waals surface area contributed by atoms with Crippen molar-refractivity contribution >= 4 is 11.9 Å². The van der Waals surface area contributed by atoms with E-state index in [0.29, 0.717) is 0 Å². The van der Waals surface area contributed by atoms with Crippen molar-refractivity contribution in [3.8, 4) is 0 Å². The Morgan fingerprint density at radius 2 is 1.43 bits per heavy atom. The van der Waals surface area contributed by atoms with E-state index in [1.807, 2.05) is 6.21 Å². The molecule has 1 aliphatic heterocycles. The third-order valence-corrected chi connectivity index (χ3v) is 3.90. The minimum absolute atomic E-state index is 0.156. The molecule has 0 aromatic heterocycles. The Hall–Kier alpha value is -1.63. The molecule has 1 heterocycles. The van der Waals surface area contributed by atoms with Crippen LogP contribution in [0.25, 0.3) is 5.70 Å². The maximum absolute atomic E-state index is 4.70. The molecule has 0 saturated carbocycles. The molecule has 21 heavy (non-hydrogen) atoms. The van der Waals surface area contributed by atoms with Crippen LogP contribution in [0.2, 0.25) is 0 Å². The predicted octanol–water partition coefficient (Wildman–Crippen LogP) is 5.77. The Kier molecular flexibility index (Phi) is 4.22. The van der Waals surface area contributed by atoms with Gasteiger partial charge in [-0.25, -0.2) is 0 Å². The summed E-state index contributed by atoms with van der Waals surface area (Å²) in [5, 5.41) is 0. The lowest BCUT2D eigenvalue weighted by molar-refractivity contribution is 0.525. The summed E-state index contributed by atoms with van der Waals surface area (Å²) in [6, 6.07) is 8.81. The van der Waals surface area contributed by atoms with Crippen molar-refractivity contribution in [3.63, 3.8) is 0 Å². The zero-order valence-electron chi connectivity index (χ0n) is 14.2. The summed E-state index contributed by atoms with van der Waals surface area (Å²) >= 11 is 0. The van der Waals surface area contributed by atoms with Gasteiger partial charge in [0.1, 0.15) is 0 Å². The van der Waals surface area contributed by atoms with Crippen LogP contribution >= 0.6 is 0 Å². The molecule has 0 fully saturated rings. The molecule has 0 saturated heterocycles. The lowest BCUT2D eigenvalue weighted by Gasteiger charge is -2.19. The first-order valence-corrected chi connectivity index (χ1v) is 7.74. The van der Waals surface area contributed by atoms with Gasteiger partial charge in [0.2, 0.25) is 0 Å². The highest BCUT2D eigenvalue weighted by Crippen LogP contribution is 2.29. The van der Waals surface area contributed by atoms with Gasteiger partial charge < -0.3 is 0 Å². The minimum Gasteiger partial charge on any atom is -0.256 e. The molecule has 1 aromatic rings. The Morgan fingerprint density at radius 3 is 1.95 bits per heavy atom. The number of hydrogen-bond donors (Lipinski definition) is 0. The SMILES string of the molecule is CC(C)(C)C1=CCC=C(c2ccc(C(C)(C)C)cc2)N=C1. The van der Waals surface area contributed by atoms with E-state index >= 15 is 0 Å². The van der Waals surface area contributed by atoms with E-state index in [2.05, 4.69) is 78.0 Å². The van der Waals surface area contributed by atoms with Crippen molar-refractivity contribution < 1.29 is 0 Å². The van der Waals surface area contributed by atoms with Gasteiger partial charge >= 0.3 is 0 Å². The van der Waals surface area contributed by atoms with Gasteiger partial charge in [0.25, 0.3) is 0 Å². The molecule has 0 N–H and O–H groups in total. The van der Waals surface area contributed by atoms with Crippen molar-refractivity contribution in [1.82, 2.24) is 0 Å². The van der Waals surface area contributed by atoms with Crippen LogP contribution in [0.4, 0.5) is 0 Å². The lowest BCUT2D eigenvalue weighted by Crippen LogP contribution is -2.10. The summed E-state index contributed by atoms with van der Waals surface area (Å²) in [6.07, 6.45) is 7.46. The van der Waals surface area contributed by atoms with E-state index in [9.17, 15) is 0 Å². The van der Waals surface area contributed by atoms with E-state index in [0.717, 1.165) is 12.1 Å². The monoisotopic (exact) mass is 281 g/mol. The second kappa shape index (κ2) is 5.63. The summed E-state index contributed by atoms with van der Waals surface area (Å²) in [4.78, 5) is 4.70. The maximum atomic E-state index is 4.70. The summed E-state index contributed by atoms with van der Waals surface area (Å²) in [7, 11) is 0. The molecule has 1 aromatic carbocycles. The third-order valence-electron chi connectivity index (χ3n) is 3.90. The standard InChI is InChI=1S/C20H27N/c1-19(2,3)16-12-10-15(11-13-16)18-9-7-8-17(14-21-18)20(4,5)6/h8-14H,7H2,1-6H3. The number of aliphatic imine (C=N–C) groups is 1. The number of allylic oxidation sites excluding steroid dienone is 3. The molecule has 1 nitrogen and oxygen atoms in total. The maximum Gasteiger partial charge on any atom is 0.0665 e. The second-order valence-electron chi connectivity index (χ2n) is 7.82. The Balaban J connectivity index is 2.23. The molecular formula is C20H27N. The van der Waals surface area contributed by atoms with Gasteiger partial charge in [-0.15, -0.1) is 0 Å². The fraction of sp³-hybridized carbons (Fsp3) is 0.450. The van der Waals surface area contributed by atoms with Crippen LogP contribution in [0, 0.1) is 5.41 Å². The third kappa shape index (κ3) is 3.93. The minimum atomic E-state index is 0.156. The molecule has 0 amide bonds. The predicted molar refractivity (Wildman–Crippen MR) is 93.8 cm³/mol. The summed E-state index contributed by atoms with van der Waals surface area (Å²) < 4.78 is 0. The van der Waals surface area contributed by atoms with Crippen LogP contribution in [0.3, 0.4) is 0 Å². The number of nitrogens with zero attached hydrogens (tertiary/aromatic N) is 1. The topological polar surface area (TPSA) is 12.4 Å². The van der Waals surface area contributed by atoms with Crippen molar-refractivity contribution in [2.75, 3.05) is 0 Å². The summed E-state index contributed by atoms with van der Waals surface area (Å²) in [5.74, 6) is 0. The Morgan fingerprint density at radius 1 is 0.810 bits per heavy atom. The average molecular weight is 281 g/mol.